The number of amides is 1. The van der Waals surface area contributed by atoms with Gasteiger partial charge in [-0.2, -0.15) is 5.10 Å². The Morgan fingerprint density at radius 2 is 2.08 bits per heavy atom. The Hall–Kier alpha value is -2.95. The zero-order valence-electron chi connectivity index (χ0n) is 14.3. The number of hydrogen-bond acceptors (Lipinski definition) is 3. The lowest BCUT2D eigenvalue weighted by Crippen LogP contribution is -2.26. The van der Waals surface area contributed by atoms with Gasteiger partial charge in [0.1, 0.15) is 0 Å². The summed E-state index contributed by atoms with van der Waals surface area (Å²) in [4.78, 5) is 16.5. The van der Waals surface area contributed by atoms with Crippen LogP contribution in [0, 0.1) is 0 Å². The standard InChI is InChI=1S/C20H22N4O/c1-16(17-7-4-10-19(15-17)24-14-6-13-22-24)23-20(25)11-5-9-18-8-2-3-12-21-18/h2-4,6-8,10,12-16H,5,9,11H2,1H3,(H,23,25)/t16-/m0/s1. The molecule has 1 atom stereocenters. The van der Waals surface area contributed by atoms with Gasteiger partial charge >= 0.3 is 0 Å². The summed E-state index contributed by atoms with van der Waals surface area (Å²) in [6.45, 7) is 2.00. The number of rotatable bonds is 7. The van der Waals surface area contributed by atoms with Gasteiger partial charge in [-0.25, -0.2) is 4.68 Å². The van der Waals surface area contributed by atoms with Crippen LogP contribution in [0.25, 0.3) is 5.69 Å². The first-order valence-corrected chi connectivity index (χ1v) is 8.51. The van der Waals surface area contributed by atoms with Gasteiger partial charge in [0, 0.05) is 30.7 Å². The number of nitrogens with zero attached hydrogens (tertiary/aromatic N) is 3. The molecule has 5 nitrogen and oxygen atoms in total. The monoisotopic (exact) mass is 334 g/mol. The van der Waals surface area contributed by atoms with Gasteiger partial charge in [0.05, 0.1) is 11.7 Å². The number of aromatic nitrogens is 3. The molecule has 1 N–H and O–H groups in total. The van der Waals surface area contributed by atoms with Crippen LogP contribution >= 0.6 is 0 Å². The molecule has 0 aliphatic heterocycles. The molecule has 1 aromatic carbocycles. The Kier molecular flexibility index (Phi) is 5.57. The fourth-order valence-electron chi connectivity index (χ4n) is 2.73. The van der Waals surface area contributed by atoms with E-state index in [1.807, 2.05) is 66.3 Å². The van der Waals surface area contributed by atoms with Crippen molar-refractivity contribution in [3.05, 3.63) is 78.4 Å². The molecule has 0 unspecified atom stereocenters. The number of nitrogens with one attached hydrogen (secondary N) is 1. The zero-order valence-corrected chi connectivity index (χ0v) is 14.3. The Morgan fingerprint density at radius 1 is 1.16 bits per heavy atom. The van der Waals surface area contributed by atoms with Gasteiger partial charge in [-0.1, -0.05) is 18.2 Å². The maximum atomic E-state index is 12.2. The normalized spacial score (nSPS) is 11.9. The fourth-order valence-corrected chi connectivity index (χ4v) is 2.73. The molecule has 0 spiro atoms. The highest BCUT2D eigenvalue weighted by Crippen LogP contribution is 2.17. The van der Waals surface area contributed by atoms with E-state index in [4.69, 9.17) is 0 Å². The van der Waals surface area contributed by atoms with Crippen molar-refractivity contribution in [1.82, 2.24) is 20.1 Å². The summed E-state index contributed by atoms with van der Waals surface area (Å²) in [5.74, 6) is 0.0629. The molecule has 0 saturated carbocycles. The van der Waals surface area contributed by atoms with Gasteiger partial charge in [-0.05, 0) is 55.7 Å². The molecule has 0 bridgehead atoms. The fraction of sp³-hybridized carbons (Fsp3) is 0.250. The quantitative estimate of drug-likeness (QED) is 0.720. The van der Waals surface area contributed by atoms with Gasteiger partial charge in [-0.3, -0.25) is 9.78 Å². The second-order valence-corrected chi connectivity index (χ2v) is 6.01. The number of carbonyl (C=O) groups excluding carboxylic acids is 1. The average molecular weight is 334 g/mol. The smallest absolute Gasteiger partial charge is 0.220 e. The zero-order chi connectivity index (χ0) is 17.5. The topological polar surface area (TPSA) is 59.8 Å². The third-order valence-corrected chi connectivity index (χ3v) is 4.08. The summed E-state index contributed by atoms with van der Waals surface area (Å²) in [6, 6.07) is 15.7. The summed E-state index contributed by atoms with van der Waals surface area (Å²) >= 11 is 0. The minimum absolute atomic E-state index is 0.0436. The van der Waals surface area contributed by atoms with Crippen molar-refractivity contribution in [1.29, 1.82) is 0 Å². The predicted octanol–water partition coefficient (Wildman–Crippen LogP) is 3.47. The van der Waals surface area contributed by atoms with Crippen molar-refractivity contribution >= 4 is 5.91 Å². The van der Waals surface area contributed by atoms with Crippen LogP contribution in [0.5, 0.6) is 0 Å². The molecule has 128 valence electrons. The second kappa shape index (κ2) is 8.24. The Labute approximate surface area is 147 Å². The molecule has 3 rings (SSSR count). The predicted molar refractivity (Wildman–Crippen MR) is 97.3 cm³/mol. The maximum absolute atomic E-state index is 12.2. The first kappa shape index (κ1) is 16.9. The van der Waals surface area contributed by atoms with Crippen LogP contribution in [0.3, 0.4) is 0 Å². The summed E-state index contributed by atoms with van der Waals surface area (Å²) in [5.41, 5.74) is 3.07. The molecule has 0 radical (unpaired) electrons. The molecule has 3 aromatic rings. The van der Waals surface area contributed by atoms with Crippen LogP contribution in [-0.4, -0.2) is 20.7 Å². The summed E-state index contributed by atoms with van der Waals surface area (Å²) in [6.07, 6.45) is 7.55. The highest BCUT2D eigenvalue weighted by Gasteiger charge is 2.10. The Balaban J connectivity index is 1.52. The number of carbonyl (C=O) groups is 1. The van der Waals surface area contributed by atoms with E-state index in [1.165, 1.54) is 0 Å². The molecule has 0 fully saturated rings. The third-order valence-electron chi connectivity index (χ3n) is 4.08. The van der Waals surface area contributed by atoms with Gasteiger partial charge in [-0.15, -0.1) is 0 Å². The molecule has 1 amide bonds. The van der Waals surface area contributed by atoms with E-state index < -0.39 is 0 Å². The summed E-state index contributed by atoms with van der Waals surface area (Å²) in [7, 11) is 0. The Morgan fingerprint density at radius 3 is 2.84 bits per heavy atom. The van der Waals surface area contributed by atoms with Crippen molar-refractivity contribution in [2.24, 2.45) is 0 Å². The first-order chi connectivity index (χ1) is 12.2. The molecular formula is C20H22N4O. The van der Waals surface area contributed by atoms with E-state index >= 15 is 0 Å². The number of pyridine rings is 1. The number of aryl methyl sites for hydroxylation is 1. The van der Waals surface area contributed by atoms with Crippen LogP contribution in [0.15, 0.2) is 67.1 Å². The van der Waals surface area contributed by atoms with Crippen LogP contribution in [0.2, 0.25) is 0 Å². The van der Waals surface area contributed by atoms with Crippen molar-refractivity contribution < 1.29 is 4.79 Å². The lowest BCUT2D eigenvalue weighted by molar-refractivity contribution is -0.121. The molecule has 2 aromatic heterocycles. The molecular weight excluding hydrogens is 312 g/mol. The number of hydrogen-bond donors (Lipinski definition) is 1. The van der Waals surface area contributed by atoms with Crippen molar-refractivity contribution in [2.45, 2.75) is 32.2 Å². The molecule has 0 aliphatic carbocycles. The van der Waals surface area contributed by atoms with Crippen molar-refractivity contribution in [2.75, 3.05) is 0 Å². The van der Waals surface area contributed by atoms with Crippen molar-refractivity contribution in [3.8, 4) is 5.69 Å². The minimum Gasteiger partial charge on any atom is -0.350 e. The van der Waals surface area contributed by atoms with Crippen molar-refractivity contribution in [3.63, 3.8) is 0 Å². The third kappa shape index (κ3) is 4.76. The van der Waals surface area contributed by atoms with Crippen LogP contribution in [-0.2, 0) is 11.2 Å². The van der Waals surface area contributed by atoms with Crippen LogP contribution < -0.4 is 5.32 Å². The van der Waals surface area contributed by atoms with Crippen LogP contribution in [0.1, 0.15) is 37.1 Å². The van der Waals surface area contributed by atoms with Crippen LogP contribution in [0.4, 0.5) is 0 Å². The van der Waals surface area contributed by atoms with E-state index in [0.29, 0.717) is 6.42 Å². The highest BCUT2D eigenvalue weighted by molar-refractivity contribution is 5.76. The summed E-state index contributed by atoms with van der Waals surface area (Å²) in [5, 5.41) is 7.31. The van der Waals surface area contributed by atoms with E-state index in [9.17, 15) is 4.79 Å². The molecule has 0 aliphatic rings. The second-order valence-electron chi connectivity index (χ2n) is 6.01. The van der Waals surface area contributed by atoms with E-state index in [0.717, 1.165) is 29.8 Å². The van der Waals surface area contributed by atoms with Gasteiger partial charge < -0.3 is 5.32 Å². The lowest BCUT2D eigenvalue weighted by atomic mass is 10.1. The summed E-state index contributed by atoms with van der Waals surface area (Å²) < 4.78 is 1.81. The van der Waals surface area contributed by atoms with E-state index in [2.05, 4.69) is 15.4 Å². The van der Waals surface area contributed by atoms with E-state index in [1.54, 1.807) is 12.4 Å². The molecule has 2 heterocycles. The highest BCUT2D eigenvalue weighted by atomic mass is 16.1. The minimum atomic E-state index is -0.0436. The van der Waals surface area contributed by atoms with Gasteiger partial charge in [0.2, 0.25) is 5.91 Å². The number of benzene rings is 1. The Bertz CT molecular complexity index is 800. The average Bonchev–Trinajstić information content (AvgIpc) is 3.17. The molecule has 25 heavy (non-hydrogen) atoms. The van der Waals surface area contributed by atoms with Gasteiger partial charge in [0.25, 0.3) is 0 Å². The first-order valence-electron chi connectivity index (χ1n) is 8.51. The van der Waals surface area contributed by atoms with Gasteiger partial charge in [0.15, 0.2) is 0 Å². The maximum Gasteiger partial charge on any atom is 0.220 e. The molecule has 5 heteroatoms. The van der Waals surface area contributed by atoms with E-state index in [-0.39, 0.29) is 11.9 Å². The largest absolute Gasteiger partial charge is 0.350 e. The SMILES string of the molecule is C[C@H](NC(=O)CCCc1ccccn1)c1cccc(-n2cccn2)c1. The molecule has 0 saturated heterocycles. The lowest BCUT2D eigenvalue weighted by Gasteiger charge is -2.15.